The first-order chi connectivity index (χ1) is 8.29. The molecule has 0 spiro atoms. The molecule has 94 valence electrons. The van der Waals surface area contributed by atoms with Crippen molar-refractivity contribution in [3.63, 3.8) is 0 Å². The molecule has 2 rings (SSSR count). The van der Waals surface area contributed by atoms with Crippen LogP contribution in [0.1, 0.15) is 17.7 Å². The second-order valence-corrected chi connectivity index (χ2v) is 5.54. The zero-order valence-electron chi connectivity index (χ0n) is 10.2. The van der Waals surface area contributed by atoms with Crippen LogP contribution < -0.4 is 0 Å². The summed E-state index contributed by atoms with van der Waals surface area (Å²) >= 11 is 1.71. The molecular formula is C13H19NO2S. The highest BCUT2D eigenvalue weighted by atomic mass is 32.1. The maximum atomic E-state index is 11.8. The van der Waals surface area contributed by atoms with E-state index in [-0.39, 0.29) is 11.9 Å². The van der Waals surface area contributed by atoms with Gasteiger partial charge in [-0.2, -0.15) is 0 Å². The second-order valence-electron chi connectivity index (χ2n) is 4.51. The highest BCUT2D eigenvalue weighted by Crippen LogP contribution is 2.18. The van der Waals surface area contributed by atoms with E-state index in [2.05, 4.69) is 16.3 Å². The number of esters is 1. The number of carbonyl (C=O) groups is 1. The fourth-order valence-electron chi connectivity index (χ4n) is 2.34. The average Bonchev–Trinajstić information content (AvgIpc) is 3.00. The molecule has 1 atom stereocenters. The van der Waals surface area contributed by atoms with Crippen LogP contribution in [0.15, 0.2) is 17.5 Å². The molecule has 1 aromatic rings. The van der Waals surface area contributed by atoms with Gasteiger partial charge in [0.15, 0.2) is 0 Å². The first kappa shape index (κ1) is 12.6. The Balaban J connectivity index is 1.94. The van der Waals surface area contributed by atoms with Crippen molar-refractivity contribution in [2.24, 2.45) is 5.92 Å². The van der Waals surface area contributed by atoms with Gasteiger partial charge in [0.25, 0.3) is 0 Å². The van der Waals surface area contributed by atoms with Crippen LogP contribution in [0.4, 0.5) is 0 Å². The van der Waals surface area contributed by atoms with Crippen LogP contribution in [-0.2, 0) is 16.0 Å². The lowest BCUT2D eigenvalue weighted by molar-refractivity contribution is -0.146. The van der Waals surface area contributed by atoms with Crippen LogP contribution in [0, 0.1) is 5.92 Å². The molecule has 1 aliphatic heterocycles. The summed E-state index contributed by atoms with van der Waals surface area (Å²) in [6, 6.07) is 4.12. The van der Waals surface area contributed by atoms with Gasteiger partial charge in [0.05, 0.1) is 13.0 Å². The minimum atomic E-state index is -0.0784. The molecule has 1 aromatic heterocycles. The topological polar surface area (TPSA) is 29.5 Å². The van der Waals surface area contributed by atoms with Gasteiger partial charge in [0.2, 0.25) is 0 Å². The zero-order valence-corrected chi connectivity index (χ0v) is 11.0. The van der Waals surface area contributed by atoms with Crippen molar-refractivity contribution >= 4 is 17.3 Å². The molecule has 4 heteroatoms. The summed E-state index contributed by atoms with van der Waals surface area (Å²) in [5.74, 6) is -0.0953. The minimum absolute atomic E-state index is 0.0169. The van der Waals surface area contributed by atoms with Gasteiger partial charge in [0, 0.05) is 11.4 Å². The molecule has 1 unspecified atom stereocenters. The number of likely N-dealkylation sites (tertiary alicyclic amines) is 1. The Kier molecular flexibility index (Phi) is 4.57. The van der Waals surface area contributed by atoms with E-state index in [1.807, 2.05) is 6.07 Å². The van der Waals surface area contributed by atoms with Crippen molar-refractivity contribution in [1.82, 2.24) is 4.90 Å². The molecule has 2 heterocycles. The van der Waals surface area contributed by atoms with Crippen molar-refractivity contribution in [2.45, 2.75) is 19.3 Å². The van der Waals surface area contributed by atoms with Crippen LogP contribution in [-0.4, -0.2) is 37.6 Å². The molecule has 0 N–H and O–H groups in total. The van der Waals surface area contributed by atoms with Crippen molar-refractivity contribution in [2.75, 3.05) is 26.7 Å². The zero-order chi connectivity index (χ0) is 12.1. The largest absolute Gasteiger partial charge is 0.469 e. The fraction of sp³-hybridized carbons (Fsp3) is 0.615. The maximum absolute atomic E-state index is 11.8. The maximum Gasteiger partial charge on any atom is 0.310 e. The van der Waals surface area contributed by atoms with E-state index in [1.165, 1.54) is 24.8 Å². The number of hydrogen-bond donors (Lipinski definition) is 0. The second kappa shape index (κ2) is 6.17. The molecule has 0 saturated carbocycles. The van der Waals surface area contributed by atoms with Crippen LogP contribution in [0.3, 0.4) is 0 Å². The van der Waals surface area contributed by atoms with E-state index in [0.29, 0.717) is 0 Å². The van der Waals surface area contributed by atoms with E-state index in [4.69, 9.17) is 4.74 Å². The number of hydrogen-bond acceptors (Lipinski definition) is 4. The molecule has 17 heavy (non-hydrogen) atoms. The fourth-order valence-corrected chi connectivity index (χ4v) is 3.12. The van der Waals surface area contributed by atoms with Gasteiger partial charge in [0.1, 0.15) is 0 Å². The molecule has 0 amide bonds. The number of ether oxygens (including phenoxy) is 1. The van der Waals surface area contributed by atoms with E-state index in [1.54, 1.807) is 11.3 Å². The molecule has 0 aromatic carbocycles. The average molecular weight is 253 g/mol. The van der Waals surface area contributed by atoms with Gasteiger partial charge in [-0.3, -0.25) is 4.79 Å². The summed E-state index contributed by atoms with van der Waals surface area (Å²) in [7, 11) is 1.48. The first-order valence-electron chi connectivity index (χ1n) is 6.12. The molecule has 1 saturated heterocycles. The number of methoxy groups -OCH3 is 1. The third kappa shape index (κ3) is 3.54. The summed E-state index contributed by atoms with van der Waals surface area (Å²) in [6.07, 6.45) is 3.32. The quantitative estimate of drug-likeness (QED) is 0.753. The van der Waals surface area contributed by atoms with Gasteiger partial charge >= 0.3 is 5.97 Å². The number of nitrogens with zero attached hydrogens (tertiary/aromatic N) is 1. The van der Waals surface area contributed by atoms with E-state index in [9.17, 15) is 4.79 Å². The van der Waals surface area contributed by atoms with Crippen LogP contribution in [0.5, 0.6) is 0 Å². The molecule has 0 aliphatic carbocycles. The summed E-state index contributed by atoms with van der Waals surface area (Å²) < 4.78 is 4.91. The molecule has 1 aliphatic rings. The van der Waals surface area contributed by atoms with Gasteiger partial charge < -0.3 is 9.64 Å². The Bertz CT molecular complexity index is 344. The van der Waals surface area contributed by atoms with E-state index >= 15 is 0 Å². The van der Waals surface area contributed by atoms with Crippen LogP contribution in [0.25, 0.3) is 0 Å². The van der Waals surface area contributed by atoms with Gasteiger partial charge in [-0.25, -0.2) is 0 Å². The molecule has 0 radical (unpaired) electrons. The SMILES string of the molecule is COC(=O)C(Cc1cccs1)CN1CCCC1. The van der Waals surface area contributed by atoms with Gasteiger partial charge in [-0.15, -0.1) is 11.3 Å². The van der Waals surface area contributed by atoms with Crippen LogP contribution >= 0.6 is 11.3 Å². The smallest absolute Gasteiger partial charge is 0.310 e. The molecular weight excluding hydrogens is 234 g/mol. The summed E-state index contributed by atoms with van der Waals surface area (Å²) in [5, 5.41) is 2.06. The Hall–Kier alpha value is -0.870. The van der Waals surface area contributed by atoms with Crippen molar-refractivity contribution in [3.8, 4) is 0 Å². The lowest BCUT2D eigenvalue weighted by Gasteiger charge is -2.21. The standard InChI is InChI=1S/C13H19NO2S/c1-16-13(15)11(9-12-5-4-8-17-12)10-14-6-2-3-7-14/h4-5,8,11H,2-3,6-7,9-10H2,1H3. The van der Waals surface area contributed by atoms with Gasteiger partial charge in [-0.1, -0.05) is 6.07 Å². The Morgan fingerprint density at radius 1 is 1.53 bits per heavy atom. The van der Waals surface area contributed by atoms with Crippen molar-refractivity contribution in [1.29, 1.82) is 0 Å². The number of carbonyl (C=O) groups excluding carboxylic acids is 1. The third-order valence-electron chi connectivity index (χ3n) is 3.24. The summed E-state index contributed by atoms with van der Waals surface area (Å²) in [4.78, 5) is 15.4. The van der Waals surface area contributed by atoms with Crippen molar-refractivity contribution < 1.29 is 9.53 Å². The Morgan fingerprint density at radius 3 is 2.88 bits per heavy atom. The monoisotopic (exact) mass is 253 g/mol. The first-order valence-corrected chi connectivity index (χ1v) is 7.00. The Morgan fingerprint density at radius 2 is 2.29 bits per heavy atom. The van der Waals surface area contributed by atoms with E-state index < -0.39 is 0 Å². The number of rotatable bonds is 5. The lowest BCUT2D eigenvalue weighted by atomic mass is 10.0. The predicted octanol–water partition coefficient (Wildman–Crippen LogP) is 2.18. The van der Waals surface area contributed by atoms with Crippen molar-refractivity contribution in [3.05, 3.63) is 22.4 Å². The number of thiophene rings is 1. The summed E-state index contributed by atoms with van der Waals surface area (Å²) in [5.41, 5.74) is 0. The molecule has 3 nitrogen and oxygen atoms in total. The van der Waals surface area contributed by atoms with Crippen LogP contribution in [0.2, 0.25) is 0 Å². The Labute approximate surface area is 106 Å². The summed E-state index contributed by atoms with van der Waals surface area (Å²) in [6.45, 7) is 3.08. The van der Waals surface area contributed by atoms with E-state index in [0.717, 1.165) is 26.1 Å². The molecule has 1 fully saturated rings. The highest BCUT2D eigenvalue weighted by Gasteiger charge is 2.24. The minimum Gasteiger partial charge on any atom is -0.469 e. The molecule has 0 bridgehead atoms. The van der Waals surface area contributed by atoms with Gasteiger partial charge in [-0.05, 0) is 43.8 Å². The predicted molar refractivity (Wildman–Crippen MR) is 69.2 cm³/mol. The third-order valence-corrected chi connectivity index (χ3v) is 4.14. The highest BCUT2D eigenvalue weighted by molar-refractivity contribution is 7.09. The normalized spacial score (nSPS) is 18.2. The lowest BCUT2D eigenvalue weighted by Crippen LogP contribution is -2.33.